The molecule has 1 unspecified atom stereocenters. The van der Waals surface area contributed by atoms with E-state index in [0.717, 1.165) is 30.6 Å². The Morgan fingerprint density at radius 1 is 1.24 bits per heavy atom. The van der Waals surface area contributed by atoms with E-state index >= 15 is 0 Å². The first-order valence-corrected chi connectivity index (χ1v) is 8.47. The lowest BCUT2D eigenvalue weighted by Crippen LogP contribution is -2.33. The predicted octanol–water partition coefficient (Wildman–Crippen LogP) is 4.35. The van der Waals surface area contributed by atoms with Gasteiger partial charge in [-0.05, 0) is 43.4 Å². The van der Waals surface area contributed by atoms with E-state index in [4.69, 9.17) is 4.74 Å². The summed E-state index contributed by atoms with van der Waals surface area (Å²) < 4.78 is 5.57. The van der Waals surface area contributed by atoms with Crippen LogP contribution in [0.2, 0.25) is 0 Å². The average Bonchev–Trinajstić information content (AvgIpc) is 2.97. The summed E-state index contributed by atoms with van der Waals surface area (Å²) in [5.74, 6) is 2.65. The zero-order valence-electron chi connectivity index (χ0n) is 14.1. The second-order valence-corrected chi connectivity index (χ2v) is 6.89. The molecule has 2 heteroatoms. The molecule has 0 aromatic heterocycles. The third-order valence-corrected chi connectivity index (χ3v) is 4.77. The fourth-order valence-corrected chi connectivity index (χ4v) is 3.57. The number of aryl methyl sites for hydroxylation is 1. The molecule has 0 heterocycles. The summed E-state index contributed by atoms with van der Waals surface area (Å²) in [6.07, 6.45) is 6.76. The van der Waals surface area contributed by atoms with E-state index in [1.54, 1.807) is 7.11 Å². The van der Waals surface area contributed by atoms with E-state index < -0.39 is 0 Å². The Kier molecular flexibility index (Phi) is 6.10. The lowest BCUT2D eigenvalue weighted by Gasteiger charge is -2.26. The van der Waals surface area contributed by atoms with Gasteiger partial charge < -0.3 is 10.1 Å². The minimum absolute atomic E-state index is 0.563. The molecule has 1 aromatic rings. The van der Waals surface area contributed by atoms with Crippen LogP contribution in [-0.2, 0) is 6.42 Å². The molecule has 0 spiro atoms. The second-order valence-electron chi connectivity index (χ2n) is 6.89. The van der Waals surface area contributed by atoms with Crippen molar-refractivity contribution < 1.29 is 4.74 Å². The van der Waals surface area contributed by atoms with Gasteiger partial charge in [-0.25, -0.2) is 0 Å². The Bertz CT molecular complexity index is 435. The van der Waals surface area contributed by atoms with Crippen molar-refractivity contribution in [3.63, 3.8) is 0 Å². The van der Waals surface area contributed by atoms with E-state index in [1.807, 2.05) is 0 Å². The number of rotatable bonds is 7. The summed E-state index contributed by atoms with van der Waals surface area (Å²) in [4.78, 5) is 0. The van der Waals surface area contributed by atoms with E-state index in [2.05, 4.69) is 44.3 Å². The highest BCUT2D eigenvalue weighted by Crippen LogP contribution is 2.34. The normalized spacial score (nSPS) is 17.4. The van der Waals surface area contributed by atoms with E-state index in [1.165, 1.54) is 36.8 Å². The van der Waals surface area contributed by atoms with Gasteiger partial charge in [0.2, 0.25) is 0 Å². The number of ether oxygens (including phenoxy) is 1. The third kappa shape index (κ3) is 4.74. The van der Waals surface area contributed by atoms with Gasteiger partial charge in [-0.15, -0.1) is 0 Å². The van der Waals surface area contributed by atoms with Crippen molar-refractivity contribution in [3.05, 3.63) is 29.3 Å². The van der Waals surface area contributed by atoms with Gasteiger partial charge in [0.25, 0.3) is 0 Å². The van der Waals surface area contributed by atoms with Crippen LogP contribution in [0.3, 0.4) is 0 Å². The zero-order valence-corrected chi connectivity index (χ0v) is 14.1. The van der Waals surface area contributed by atoms with Crippen LogP contribution in [0.1, 0.15) is 50.7 Å². The van der Waals surface area contributed by atoms with Crippen molar-refractivity contribution in [2.75, 3.05) is 13.7 Å². The Hall–Kier alpha value is -1.02. The molecule has 1 aromatic carbocycles. The van der Waals surface area contributed by atoms with Crippen LogP contribution < -0.4 is 10.1 Å². The van der Waals surface area contributed by atoms with Crippen LogP contribution in [-0.4, -0.2) is 19.7 Å². The van der Waals surface area contributed by atoms with Gasteiger partial charge in [-0.2, -0.15) is 0 Å². The standard InChI is InChI=1S/C19H31NO/c1-14(2)20-13-18(16-7-5-6-8-16)12-17-11-15(3)9-10-19(17)21-4/h9-11,14,16,18,20H,5-8,12-13H2,1-4H3. The minimum Gasteiger partial charge on any atom is -0.496 e. The van der Waals surface area contributed by atoms with E-state index in [-0.39, 0.29) is 0 Å². The van der Waals surface area contributed by atoms with Crippen molar-refractivity contribution >= 4 is 0 Å². The smallest absolute Gasteiger partial charge is 0.122 e. The molecule has 2 nitrogen and oxygen atoms in total. The van der Waals surface area contributed by atoms with Crippen LogP contribution in [0, 0.1) is 18.8 Å². The molecule has 0 saturated heterocycles. The maximum Gasteiger partial charge on any atom is 0.122 e. The van der Waals surface area contributed by atoms with Gasteiger partial charge in [-0.3, -0.25) is 0 Å². The topological polar surface area (TPSA) is 21.3 Å². The highest BCUT2D eigenvalue weighted by Gasteiger charge is 2.26. The SMILES string of the molecule is COc1ccc(C)cc1CC(CNC(C)C)C1CCCC1. The van der Waals surface area contributed by atoms with Gasteiger partial charge in [0.1, 0.15) is 5.75 Å². The summed E-state index contributed by atoms with van der Waals surface area (Å²) >= 11 is 0. The van der Waals surface area contributed by atoms with Crippen molar-refractivity contribution in [2.45, 2.75) is 58.9 Å². The predicted molar refractivity (Wildman–Crippen MR) is 90.0 cm³/mol. The Labute approximate surface area is 130 Å². The molecule has 1 aliphatic carbocycles. The summed E-state index contributed by atoms with van der Waals surface area (Å²) in [6.45, 7) is 7.76. The highest BCUT2D eigenvalue weighted by atomic mass is 16.5. The first-order chi connectivity index (χ1) is 10.1. The maximum atomic E-state index is 5.57. The van der Waals surface area contributed by atoms with Crippen LogP contribution >= 0.6 is 0 Å². The number of hydrogen-bond acceptors (Lipinski definition) is 2. The quantitative estimate of drug-likeness (QED) is 0.805. The van der Waals surface area contributed by atoms with Crippen molar-refractivity contribution in [1.29, 1.82) is 0 Å². The number of nitrogens with one attached hydrogen (secondary N) is 1. The van der Waals surface area contributed by atoms with Gasteiger partial charge in [0.15, 0.2) is 0 Å². The number of benzene rings is 1. The molecule has 118 valence electrons. The highest BCUT2D eigenvalue weighted by molar-refractivity contribution is 5.37. The molecule has 2 rings (SSSR count). The van der Waals surface area contributed by atoms with Crippen molar-refractivity contribution in [1.82, 2.24) is 5.32 Å². The van der Waals surface area contributed by atoms with Gasteiger partial charge >= 0.3 is 0 Å². The molecule has 0 amide bonds. The number of methoxy groups -OCH3 is 1. The Morgan fingerprint density at radius 2 is 1.95 bits per heavy atom. The fraction of sp³-hybridized carbons (Fsp3) is 0.684. The van der Waals surface area contributed by atoms with E-state index in [9.17, 15) is 0 Å². The minimum atomic E-state index is 0.563. The zero-order chi connectivity index (χ0) is 15.2. The lowest BCUT2D eigenvalue weighted by atomic mass is 9.85. The Morgan fingerprint density at radius 3 is 2.57 bits per heavy atom. The summed E-state index contributed by atoms with van der Waals surface area (Å²) in [5.41, 5.74) is 2.70. The maximum absolute atomic E-state index is 5.57. The largest absolute Gasteiger partial charge is 0.496 e. The molecule has 0 radical (unpaired) electrons. The first kappa shape index (κ1) is 16.4. The summed E-state index contributed by atoms with van der Waals surface area (Å²) in [6, 6.07) is 7.12. The third-order valence-electron chi connectivity index (χ3n) is 4.77. The monoisotopic (exact) mass is 289 g/mol. The van der Waals surface area contributed by atoms with Crippen molar-refractivity contribution in [2.24, 2.45) is 11.8 Å². The molecule has 1 atom stereocenters. The second kappa shape index (κ2) is 7.84. The Balaban J connectivity index is 2.11. The molecule has 0 bridgehead atoms. The van der Waals surface area contributed by atoms with E-state index in [0.29, 0.717) is 6.04 Å². The average molecular weight is 289 g/mol. The van der Waals surface area contributed by atoms with Crippen LogP contribution in [0.4, 0.5) is 0 Å². The van der Waals surface area contributed by atoms with Crippen LogP contribution in [0.25, 0.3) is 0 Å². The molecule has 1 N–H and O–H groups in total. The van der Waals surface area contributed by atoms with Crippen LogP contribution in [0.5, 0.6) is 5.75 Å². The molecular formula is C19H31NO. The van der Waals surface area contributed by atoms with Crippen molar-refractivity contribution in [3.8, 4) is 5.75 Å². The molecular weight excluding hydrogens is 258 g/mol. The molecule has 0 aliphatic heterocycles. The lowest BCUT2D eigenvalue weighted by molar-refractivity contribution is 0.308. The van der Waals surface area contributed by atoms with Crippen LogP contribution in [0.15, 0.2) is 18.2 Å². The number of hydrogen-bond donors (Lipinski definition) is 1. The summed E-state index contributed by atoms with van der Waals surface area (Å²) in [5, 5.41) is 3.65. The molecule has 1 fully saturated rings. The summed E-state index contributed by atoms with van der Waals surface area (Å²) in [7, 11) is 1.78. The fourth-order valence-electron chi connectivity index (χ4n) is 3.57. The molecule has 1 aliphatic rings. The molecule has 1 saturated carbocycles. The first-order valence-electron chi connectivity index (χ1n) is 8.47. The van der Waals surface area contributed by atoms with Gasteiger partial charge in [0.05, 0.1) is 7.11 Å². The van der Waals surface area contributed by atoms with Gasteiger partial charge in [0, 0.05) is 6.04 Å². The molecule has 21 heavy (non-hydrogen) atoms. The van der Waals surface area contributed by atoms with Gasteiger partial charge in [-0.1, -0.05) is 57.2 Å².